The maximum absolute atomic E-state index is 10.6. The highest BCUT2D eigenvalue weighted by Gasteiger charge is 1.95. The number of hydrogen-bond donors (Lipinski definition) is 1. The fourth-order valence-electron chi connectivity index (χ4n) is 0.874. The Morgan fingerprint density at radius 2 is 2.33 bits per heavy atom. The summed E-state index contributed by atoms with van der Waals surface area (Å²) in [5.41, 5.74) is 0.282. The molecule has 0 saturated carbocycles. The third-order valence-corrected chi connectivity index (χ3v) is 1.39. The topological polar surface area (TPSA) is 54.6 Å². The molecule has 0 aliphatic heterocycles. The zero-order valence-corrected chi connectivity index (χ0v) is 6.98. The molecule has 0 spiro atoms. The van der Waals surface area contributed by atoms with Crippen LogP contribution in [0.5, 0.6) is 5.75 Å². The van der Waals surface area contributed by atoms with Crippen molar-refractivity contribution in [3.05, 3.63) is 23.8 Å². The molecule has 1 aromatic heterocycles. The van der Waals surface area contributed by atoms with Crippen molar-refractivity contribution in [2.75, 3.05) is 0 Å². The molecule has 1 amide bonds. The Bertz CT molecular complexity index is 342. The minimum atomic E-state index is -0.327. The standard InChI is InChI=1S/C8H10N2O2/c1-6(11)9-8-7(12)4-3-5-10(8)2/h3-5,12H,1-2H3. The smallest absolute Gasteiger partial charge is 0.244 e. The molecular weight excluding hydrogens is 156 g/mol. The van der Waals surface area contributed by atoms with E-state index in [0.717, 1.165) is 0 Å². The number of aromatic nitrogens is 1. The Morgan fingerprint density at radius 1 is 1.67 bits per heavy atom. The van der Waals surface area contributed by atoms with Gasteiger partial charge in [0.1, 0.15) is 0 Å². The maximum Gasteiger partial charge on any atom is 0.244 e. The number of hydrogen-bond acceptors (Lipinski definition) is 2. The van der Waals surface area contributed by atoms with E-state index in [1.807, 2.05) is 0 Å². The summed E-state index contributed by atoms with van der Waals surface area (Å²) >= 11 is 0. The van der Waals surface area contributed by atoms with E-state index in [9.17, 15) is 9.90 Å². The molecule has 0 fully saturated rings. The van der Waals surface area contributed by atoms with Gasteiger partial charge in [0.25, 0.3) is 0 Å². The summed E-state index contributed by atoms with van der Waals surface area (Å²) in [6.07, 6.45) is 1.71. The van der Waals surface area contributed by atoms with Crippen molar-refractivity contribution in [3.63, 3.8) is 0 Å². The van der Waals surface area contributed by atoms with E-state index >= 15 is 0 Å². The van der Waals surface area contributed by atoms with Gasteiger partial charge in [-0.25, -0.2) is 0 Å². The third kappa shape index (κ3) is 1.72. The lowest BCUT2D eigenvalue weighted by Gasteiger charge is -1.99. The Hall–Kier alpha value is -1.58. The molecule has 0 unspecified atom stereocenters. The van der Waals surface area contributed by atoms with Gasteiger partial charge >= 0.3 is 0 Å². The SMILES string of the molecule is CC(=O)N=c1c(O)cccn1C. The highest BCUT2D eigenvalue weighted by Crippen LogP contribution is 1.96. The van der Waals surface area contributed by atoms with E-state index in [2.05, 4.69) is 4.99 Å². The van der Waals surface area contributed by atoms with Crippen molar-refractivity contribution >= 4 is 5.91 Å². The van der Waals surface area contributed by atoms with Crippen LogP contribution in [0.2, 0.25) is 0 Å². The molecule has 0 aliphatic rings. The van der Waals surface area contributed by atoms with Gasteiger partial charge in [0.05, 0.1) is 0 Å². The Balaban J connectivity index is 3.40. The Labute approximate surface area is 69.8 Å². The summed E-state index contributed by atoms with van der Waals surface area (Å²) in [5, 5.41) is 9.27. The highest BCUT2D eigenvalue weighted by atomic mass is 16.3. The van der Waals surface area contributed by atoms with Gasteiger partial charge in [-0.05, 0) is 12.1 Å². The van der Waals surface area contributed by atoms with Crippen LogP contribution in [0.3, 0.4) is 0 Å². The minimum absolute atomic E-state index is 0.00944. The first-order chi connectivity index (χ1) is 5.61. The Morgan fingerprint density at radius 3 is 2.83 bits per heavy atom. The summed E-state index contributed by atoms with van der Waals surface area (Å²) in [7, 11) is 1.71. The van der Waals surface area contributed by atoms with Crippen LogP contribution in [-0.4, -0.2) is 15.6 Å². The second-order valence-corrected chi connectivity index (χ2v) is 2.46. The van der Waals surface area contributed by atoms with E-state index in [0.29, 0.717) is 0 Å². The predicted octanol–water partition coefficient (Wildman–Crippen LogP) is 0.178. The molecule has 1 aromatic rings. The van der Waals surface area contributed by atoms with E-state index < -0.39 is 0 Å². The molecule has 4 nitrogen and oxygen atoms in total. The van der Waals surface area contributed by atoms with Crippen molar-refractivity contribution in [2.24, 2.45) is 12.0 Å². The lowest BCUT2D eigenvalue weighted by atomic mass is 10.4. The molecule has 0 aliphatic carbocycles. The van der Waals surface area contributed by atoms with Gasteiger partial charge in [-0.3, -0.25) is 4.79 Å². The molecule has 0 radical (unpaired) electrons. The first-order valence-corrected chi connectivity index (χ1v) is 3.51. The molecule has 0 bridgehead atoms. The summed E-state index contributed by atoms with van der Waals surface area (Å²) in [6, 6.07) is 3.16. The summed E-state index contributed by atoms with van der Waals surface area (Å²) in [5.74, 6) is -0.317. The van der Waals surface area contributed by atoms with Crippen LogP contribution < -0.4 is 5.49 Å². The van der Waals surface area contributed by atoms with E-state index in [-0.39, 0.29) is 17.1 Å². The number of nitrogens with zero attached hydrogens (tertiary/aromatic N) is 2. The van der Waals surface area contributed by atoms with E-state index in [1.54, 1.807) is 23.9 Å². The van der Waals surface area contributed by atoms with Crippen LogP contribution >= 0.6 is 0 Å². The van der Waals surface area contributed by atoms with Crippen molar-refractivity contribution in [3.8, 4) is 5.75 Å². The minimum Gasteiger partial charge on any atom is -0.504 e. The first kappa shape index (κ1) is 8.52. The molecule has 12 heavy (non-hydrogen) atoms. The summed E-state index contributed by atoms with van der Waals surface area (Å²) < 4.78 is 1.58. The fraction of sp³-hybridized carbons (Fsp3) is 0.250. The number of carbonyl (C=O) groups is 1. The number of carbonyl (C=O) groups excluding carboxylic acids is 1. The van der Waals surface area contributed by atoms with Crippen molar-refractivity contribution < 1.29 is 9.90 Å². The molecule has 0 aromatic carbocycles. The largest absolute Gasteiger partial charge is 0.504 e. The molecule has 4 heteroatoms. The van der Waals surface area contributed by atoms with Gasteiger partial charge in [0.2, 0.25) is 5.91 Å². The molecule has 1 heterocycles. The van der Waals surface area contributed by atoms with E-state index in [4.69, 9.17) is 0 Å². The normalized spacial score (nSPS) is 11.7. The molecular formula is C8H10N2O2. The summed E-state index contributed by atoms with van der Waals surface area (Å²) in [4.78, 5) is 14.3. The van der Waals surface area contributed by atoms with E-state index in [1.165, 1.54) is 13.0 Å². The van der Waals surface area contributed by atoms with Gasteiger partial charge in [-0.15, -0.1) is 0 Å². The van der Waals surface area contributed by atoms with Crippen LogP contribution in [-0.2, 0) is 11.8 Å². The lowest BCUT2D eigenvalue weighted by molar-refractivity contribution is -0.116. The highest BCUT2D eigenvalue weighted by molar-refractivity contribution is 5.73. The maximum atomic E-state index is 10.6. The molecule has 0 saturated heterocycles. The van der Waals surface area contributed by atoms with Crippen LogP contribution in [0, 0.1) is 0 Å². The van der Waals surface area contributed by atoms with Gasteiger partial charge in [-0.1, -0.05) is 0 Å². The van der Waals surface area contributed by atoms with Crippen LogP contribution in [0.25, 0.3) is 0 Å². The van der Waals surface area contributed by atoms with Gasteiger partial charge < -0.3 is 9.67 Å². The number of pyridine rings is 1. The van der Waals surface area contributed by atoms with Crippen LogP contribution in [0.1, 0.15) is 6.92 Å². The molecule has 1 rings (SSSR count). The van der Waals surface area contributed by atoms with Gasteiger partial charge in [0.15, 0.2) is 11.2 Å². The van der Waals surface area contributed by atoms with Crippen molar-refractivity contribution in [1.82, 2.24) is 4.57 Å². The first-order valence-electron chi connectivity index (χ1n) is 3.51. The molecule has 64 valence electrons. The average Bonchev–Trinajstić information content (AvgIpc) is 1.97. The van der Waals surface area contributed by atoms with Gasteiger partial charge in [-0.2, -0.15) is 4.99 Å². The second-order valence-electron chi connectivity index (χ2n) is 2.46. The van der Waals surface area contributed by atoms with Crippen molar-refractivity contribution in [2.45, 2.75) is 6.92 Å². The lowest BCUT2D eigenvalue weighted by Crippen LogP contribution is -2.18. The summed E-state index contributed by atoms with van der Waals surface area (Å²) in [6.45, 7) is 1.34. The van der Waals surface area contributed by atoms with Crippen LogP contribution in [0.15, 0.2) is 23.3 Å². The number of amides is 1. The third-order valence-electron chi connectivity index (χ3n) is 1.39. The molecule has 0 atom stereocenters. The zero-order chi connectivity index (χ0) is 9.14. The molecule has 1 N–H and O–H groups in total. The number of aryl methyl sites for hydroxylation is 1. The number of aromatic hydroxyl groups is 1. The quantitative estimate of drug-likeness (QED) is 0.597. The monoisotopic (exact) mass is 166 g/mol. The number of rotatable bonds is 0. The predicted molar refractivity (Wildman–Crippen MR) is 43.3 cm³/mol. The average molecular weight is 166 g/mol. The van der Waals surface area contributed by atoms with Crippen LogP contribution in [0.4, 0.5) is 0 Å². The fourth-order valence-corrected chi connectivity index (χ4v) is 0.874. The Kier molecular flexibility index (Phi) is 2.28. The second kappa shape index (κ2) is 3.21. The zero-order valence-electron chi connectivity index (χ0n) is 6.98. The van der Waals surface area contributed by atoms with Gasteiger partial charge in [0, 0.05) is 20.2 Å². The van der Waals surface area contributed by atoms with Crippen molar-refractivity contribution in [1.29, 1.82) is 0 Å².